The number of aromatic hydroxyl groups is 1. The van der Waals surface area contributed by atoms with Crippen LogP contribution in [0.2, 0.25) is 4.34 Å². The molecule has 0 saturated carbocycles. The zero-order valence-corrected chi connectivity index (χ0v) is 12.1. The quantitative estimate of drug-likeness (QED) is 0.746. The topological polar surface area (TPSA) is 104 Å². The molecule has 0 fully saturated rings. The minimum absolute atomic E-state index is 0.00999. The minimum atomic E-state index is -3.87. The highest BCUT2D eigenvalue weighted by Crippen LogP contribution is 2.30. The Hall–Kier alpha value is -1.77. The van der Waals surface area contributed by atoms with E-state index in [0.717, 1.165) is 17.4 Å². The molecule has 1 aromatic heterocycles. The number of rotatable bonds is 4. The third kappa shape index (κ3) is 3.03. The van der Waals surface area contributed by atoms with E-state index in [1.165, 1.54) is 24.3 Å². The first-order chi connectivity index (χ1) is 9.29. The van der Waals surface area contributed by atoms with Crippen LogP contribution in [0.15, 0.2) is 34.5 Å². The van der Waals surface area contributed by atoms with Crippen LogP contribution in [0.5, 0.6) is 5.75 Å². The van der Waals surface area contributed by atoms with Crippen LogP contribution in [0.25, 0.3) is 0 Å². The zero-order chi connectivity index (χ0) is 14.9. The summed E-state index contributed by atoms with van der Waals surface area (Å²) in [6.45, 7) is 0. The summed E-state index contributed by atoms with van der Waals surface area (Å²) in [6, 6.07) is 6.08. The van der Waals surface area contributed by atoms with E-state index in [9.17, 15) is 18.3 Å². The number of phenols is 1. The normalized spacial score (nSPS) is 11.2. The van der Waals surface area contributed by atoms with Crippen molar-refractivity contribution in [3.05, 3.63) is 40.2 Å². The second-order valence-corrected chi connectivity index (χ2v) is 7.33. The summed E-state index contributed by atoms with van der Waals surface area (Å²) < 4.78 is 26.5. The van der Waals surface area contributed by atoms with Gasteiger partial charge in [0.25, 0.3) is 10.0 Å². The van der Waals surface area contributed by atoms with Gasteiger partial charge in [-0.1, -0.05) is 11.6 Å². The first kappa shape index (κ1) is 14.6. The second-order valence-electron chi connectivity index (χ2n) is 3.70. The number of aromatic carboxylic acids is 1. The van der Waals surface area contributed by atoms with Gasteiger partial charge in [-0.25, -0.2) is 13.2 Å². The predicted octanol–water partition coefficient (Wildman–Crippen LogP) is 2.61. The number of carboxylic acid groups (broad SMARTS) is 1. The Balaban J connectivity index is 2.32. The van der Waals surface area contributed by atoms with Crippen molar-refractivity contribution in [3.8, 4) is 5.75 Å². The van der Waals surface area contributed by atoms with Gasteiger partial charge in [-0.15, -0.1) is 11.3 Å². The van der Waals surface area contributed by atoms with E-state index in [4.69, 9.17) is 16.7 Å². The van der Waals surface area contributed by atoms with Crippen LogP contribution in [0.1, 0.15) is 10.4 Å². The minimum Gasteiger partial charge on any atom is -0.506 e. The summed E-state index contributed by atoms with van der Waals surface area (Å²) in [4.78, 5) is 10.7. The Morgan fingerprint density at radius 2 is 1.95 bits per heavy atom. The van der Waals surface area contributed by atoms with Crippen LogP contribution in [0, 0.1) is 0 Å². The molecule has 0 aliphatic carbocycles. The molecule has 2 rings (SSSR count). The van der Waals surface area contributed by atoms with Gasteiger partial charge in [0.05, 0.1) is 15.6 Å². The van der Waals surface area contributed by atoms with Gasteiger partial charge in [0.1, 0.15) is 9.96 Å². The molecule has 0 spiro atoms. The Bertz CT molecular complexity index is 769. The number of benzene rings is 1. The summed E-state index contributed by atoms with van der Waals surface area (Å²) in [5, 5.41) is 18.4. The molecule has 1 aromatic carbocycles. The summed E-state index contributed by atoms with van der Waals surface area (Å²) in [5.41, 5.74) is -0.260. The van der Waals surface area contributed by atoms with E-state index in [0.29, 0.717) is 4.34 Å². The maximum absolute atomic E-state index is 12.0. The third-order valence-corrected chi connectivity index (χ3v) is 5.39. The molecule has 0 saturated heterocycles. The maximum Gasteiger partial charge on any atom is 0.335 e. The number of nitrogens with one attached hydrogen (secondary N) is 1. The lowest BCUT2D eigenvalue weighted by atomic mass is 10.2. The molecular weight excluding hydrogens is 326 g/mol. The monoisotopic (exact) mass is 333 g/mol. The number of hydrogen-bond acceptors (Lipinski definition) is 5. The number of hydrogen-bond donors (Lipinski definition) is 3. The molecule has 6 nitrogen and oxygen atoms in total. The highest BCUT2D eigenvalue weighted by atomic mass is 35.5. The fraction of sp³-hybridized carbons (Fsp3) is 0. The van der Waals surface area contributed by atoms with E-state index in [2.05, 4.69) is 4.72 Å². The summed E-state index contributed by atoms with van der Waals surface area (Å²) in [6.07, 6.45) is 0. The van der Waals surface area contributed by atoms with E-state index in [1.807, 2.05) is 0 Å². The zero-order valence-electron chi connectivity index (χ0n) is 9.70. The maximum atomic E-state index is 12.0. The number of carbonyl (C=O) groups is 1. The van der Waals surface area contributed by atoms with Gasteiger partial charge in [-0.3, -0.25) is 4.72 Å². The number of sulfonamides is 1. The van der Waals surface area contributed by atoms with Gasteiger partial charge in [0.15, 0.2) is 0 Å². The molecule has 9 heteroatoms. The molecule has 0 atom stereocenters. The van der Waals surface area contributed by atoms with Crippen LogP contribution in [0.3, 0.4) is 0 Å². The van der Waals surface area contributed by atoms with Crippen molar-refractivity contribution in [1.82, 2.24) is 0 Å². The molecule has 106 valence electrons. The van der Waals surface area contributed by atoms with E-state index in [1.54, 1.807) is 0 Å². The molecule has 0 unspecified atom stereocenters. The molecule has 0 amide bonds. The summed E-state index contributed by atoms with van der Waals surface area (Å²) in [5.74, 6) is -1.70. The Morgan fingerprint density at radius 1 is 1.25 bits per heavy atom. The lowest BCUT2D eigenvalue weighted by Gasteiger charge is -2.08. The molecule has 20 heavy (non-hydrogen) atoms. The van der Waals surface area contributed by atoms with Crippen LogP contribution in [-0.2, 0) is 10.0 Å². The van der Waals surface area contributed by atoms with Crippen LogP contribution in [0.4, 0.5) is 5.69 Å². The number of carboxylic acids is 1. The number of phenolic OH excluding ortho intramolecular Hbond substituents is 1. The second kappa shape index (κ2) is 5.31. The molecule has 0 radical (unpaired) electrons. The molecular formula is C11H8ClNO5S2. The smallest absolute Gasteiger partial charge is 0.335 e. The first-order valence-corrected chi connectivity index (χ1v) is 7.82. The van der Waals surface area contributed by atoms with Crippen molar-refractivity contribution in [2.24, 2.45) is 0 Å². The largest absolute Gasteiger partial charge is 0.506 e. The van der Waals surface area contributed by atoms with E-state index < -0.39 is 21.7 Å². The lowest BCUT2D eigenvalue weighted by Crippen LogP contribution is -2.11. The van der Waals surface area contributed by atoms with Gasteiger partial charge >= 0.3 is 5.97 Å². The fourth-order valence-corrected chi connectivity index (χ4v) is 3.95. The molecule has 2 aromatic rings. The van der Waals surface area contributed by atoms with Crippen molar-refractivity contribution >= 4 is 44.6 Å². The van der Waals surface area contributed by atoms with Gasteiger partial charge < -0.3 is 10.2 Å². The Labute approximate surface area is 123 Å². The molecule has 0 aliphatic rings. The Morgan fingerprint density at radius 3 is 2.45 bits per heavy atom. The van der Waals surface area contributed by atoms with E-state index in [-0.39, 0.29) is 15.5 Å². The van der Waals surface area contributed by atoms with Crippen LogP contribution in [-0.4, -0.2) is 24.6 Å². The first-order valence-electron chi connectivity index (χ1n) is 5.14. The summed E-state index contributed by atoms with van der Waals surface area (Å²) in [7, 11) is -3.87. The third-order valence-electron chi connectivity index (χ3n) is 2.30. The van der Waals surface area contributed by atoms with E-state index >= 15 is 0 Å². The summed E-state index contributed by atoms with van der Waals surface area (Å²) >= 11 is 6.54. The predicted molar refractivity (Wildman–Crippen MR) is 75.2 cm³/mol. The SMILES string of the molecule is O=C(O)c1ccc(NS(=O)(=O)c2ccc(Cl)s2)c(O)c1. The highest BCUT2D eigenvalue weighted by Gasteiger charge is 2.19. The number of halogens is 1. The number of anilines is 1. The van der Waals surface area contributed by atoms with Crippen molar-refractivity contribution < 1.29 is 23.4 Å². The fourth-order valence-electron chi connectivity index (χ4n) is 1.39. The van der Waals surface area contributed by atoms with Crippen molar-refractivity contribution in [1.29, 1.82) is 0 Å². The van der Waals surface area contributed by atoms with Gasteiger partial charge in [-0.2, -0.15) is 0 Å². The average molecular weight is 334 g/mol. The molecule has 0 bridgehead atoms. The van der Waals surface area contributed by atoms with Crippen LogP contribution < -0.4 is 4.72 Å². The van der Waals surface area contributed by atoms with Crippen LogP contribution >= 0.6 is 22.9 Å². The van der Waals surface area contributed by atoms with Crippen molar-refractivity contribution in [3.63, 3.8) is 0 Å². The van der Waals surface area contributed by atoms with Gasteiger partial charge in [0, 0.05) is 0 Å². The molecule has 3 N–H and O–H groups in total. The molecule has 0 aliphatic heterocycles. The average Bonchev–Trinajstić information content (AvgIpc) is 2.79. The lowest BCUT2D eigenvalue weighted by molar-refractivity contribution is 0.0696. The van der Waals surface area contributed by atoms with Crippen molar-refractivity contribution in [2.75, 3.05) is 4.72 Å². The number of thiophene rings is 1. The van der Waals surface area contributed by atoms with Gasteiger partial charge in [-0.05, 0) is 30.3 Å². The standard InChI is InChI=1S/C11H8ClNO5S2/c12-9-3-4-10(19-9)20(17,18)13-7-2-1-6(11(15)16)5-8(7)14/h1-5,13-14H,(H,15,16). The van der Waals surface area contributed by atoms with Crippen molar-refractivity contribution in [2.45, 2.75) is 4.21 Å². The Kier molecular flexibility index (Phi) is 3.89. The highest BCUT2D eigenvalue weighted by molar-refractivity contribution is 7.94. The molecule has 1 heterocycles. The van der Waals surface area contributed by atoms with Gasteiger partial charge in [0.2, 0.25) is 0 Å².